The molecule has 4 unspecified atom stereocenters. The summed E-state index contributed by atoms with van der Waals surface area (Å²) in [5, 5.41) is 29.3. The molecular formula is C22H32N6O4. The Morgan fingerprint density at radius 3 is 2.47 bits per heavy atom. The smallest absolute Gasteiger partial charge is 0.213 e. The number of hydrogen-bond donors (Lipinski definition) is 1. The van der Waals surface area contributed by atoms with Gasteiger partial charge in [-0.3, -0.25) is 10.1 Å². The Labute approximate surface area is 187 Å². The molecule has 6 rings (SSSR count). The molecule has 2 saturated heterocycles. The van der Waals surface area contributed by atoms with Gasteiger partial charge in [0.15, 0.2) is 11.6 Å². The van der Waals surface area contributed by atoms with Gasteiger partial charge < -0.3 is 14.8 Å². The zero-order valence-electron chi connectivity index (χ0n) is 18.4. The Morgan fingerprint density at radius 2 is 1.72 bits per heavy atom. The highest BCUT2D eigenvalue weighted by atomic mass is 16.7. The van der Waals surface area contributed by atoms with Gasteiger partial charge in [0.2, 0.25) is 6.04 Å². The quantitative estimate of drug-likeness (QED) is 0.560. The van der Waals surface area contributed by atoms with Crippen LogP contribution in [0, 0.1) is 27.9 Å². The largest absolute Gasteiger partial charge is 0.349 e. The fourth-order valence-electron chi connectivity index (χ4n) is 6.65. The summed E-state index contributed by atoms with van der Waals surface area (Å²) in [5.74, 6) is 3.32. The first kappa shape index (κ1) is 20.7. The number of nitrogens with one attached hydrogen (secondary N) is 1. The zero-order chi connectivity index (χ0) is 21.7. The van der Waals surface area contributed by atoms with Gasteiger partial charge in [0.1, 0.15) is 6.79 Å². The number of ether oxygens (including phenoxy) is 2. The van der Waals surface area contributed by atoms with Crippen LogP contribution in [-0.4, -0.2) is 63.6 Å². The van der Waals surface area contributed by atoms with Gasteiger partial charge in [0.05, 0.1) is 12.2 Å². The summed E-state index contributed by atoms with van der Waals surface area (Å²) in [4.78, 5) is 11.2. The average molecular weight is 445 g/mol. The number of aromatic nitrogens is 3. The lowest BCUT2D eigenvalue weighted by molar-refractivity contribution is -0.526. The predicted molar refractivity (Wildman–Crippen MR) is 115 cm³/mol. The van der Waals surface area contributed by atoms with Crippen molar-refractivity contribution in [3.63, 3.8) is 0 Å². The highest BCUT2D eigenvalue weighted by Gasteiger charge is 2.47. The van der Waals surface area contributed by atoms with E-state index < -0.39 is 6.04 Å². The lowest BCUT2D eigenvalue weighted by Crippen LogP contribution is -2.43. The van der Waals surface area contributed by atoms with Crippen molar-refractivity contribution >= 4 is 5.71 Å². The van der Waals surface area contributed by atoms with E-state index in [1.54, 1.807) is 0 Å². The Balaban J connectivity index is 1.35. The van der Waals surface area contributed by atoms with Crippen LogP contribution >= 0.6 is 0 Å². The SMILES string of the molecule is O=[N+]([O-])C1CCC(C2=Nn3c(nnc3C3CCNCC3)CC3CC4OCOC4CC23)CC1. The molecular weight excluding hydrogens is 412 g/mol. The number of rotatable bonds is 3. The van der Waals surface area contributed by atoms with Gasteiger partial charge in [-0.1, -0.05) is 0 Å². The molecule has 2 saturated carbocycles. The molecule has 10 nitrogen and oxygen atoms in total. The van der Waals surface area contributed by atoms with Crippen molar-refractivity contribution in [1.29, 1.82) is 0 Å². The van der Waals surface area contributed by atoms with E-state index in [2.05, 4.69) is 20.2 Å². The second-order valence-corrected chi connectivity index (χ2v) is 10.2. The molecule has 5 aliphatic rings. The van der Waals surface area contributed by atoms with E-state index in [0.717, 1.165) is 69.7 Å². The molecule has 4 heterocycles. The van der Waals surface area contributed by atoms with E-state index in [1.807, 2.05) is 0 Å². The van der Waals surface area contributed by atoms with Gasteiger partial charge in [-0.05, 0) is 63.5 Å². The predicted octanol–water partition coefficient (Wildman–Crippen LogP) is 2.11. The Morgan fingerprint density at radius 1 is 0.969 bits per heavy atom. The summed E-state index contributed by atoms with van der Waals surface area (Å²) in [5.41, 5.74) is 1.21. The number of piperidine rings is 1. The van der Waals surface area contributed by atoms with Crippen LogP contribution in [0.3, 0.4) is 0 Å². The van der Waals surface area contributed by atoms with E-state index in [0.29, 0.717) is 37.4 Å². The zero-order valence-corrected chi connectivity index (χ0v) is 18.4. The second kappa shape index (κ2) is 8.46. The number of fused-ring (bicyclic) bond motifs is 3. The van der Waals surface area contributed by atoms with E-state index in [9.17, 15) is 10.1 Å². The number of nitrogens with zero attached hydrogens (tertiary/aromatic N) is 5. The maximum Gasteiger partial charge on any atom is 0.213 e. The average Bonchev–Trinajstić information content (AvgIpc) is 3.40. The second-order valence-electron chi connectivity index (χ2n) is 10.2. The molecule has 3 aliphatic heterocycles. The van der Waals surface area contributed by atoms with E-state index in [4.69, 9.17) is 14.6 Å². The highest BCUT2D eigenvalue weighted by molar-refractivity contribution is 5.89. The molecule has 10 heteroatoms. The van der Waals surface area contributed by atoms with Crippen LogP contribution in [0.25, 0.3) is 0 Å². The van der Waals surface area contributed by atoms with Gasteiger partial charge >= 0.3 is 0 Å². The first-order chi connectivity index (χ1) is 15.7. The molecule has 2 aliphatic carbocycles. The summed E-state index contributed by atoms with van der Waals surface area (Å²) in [7, 11) is 0. The van der Waals surface area contributed by atoms with Gasteiger partial charge in [-0.15, -0.1) is 10.2 Å². The van der Waals surface area contributed by atoms with Crippen LogP contribution in [0.15, 0.2) is 5.10 Å². The molecule has 32 heavy (non-hydrogen) atoms. The fraction of sp³-hybridized carbons (Fsp3) is 0.864. The fourth-order valence-corrected chi connectivity index (χ4v) is 6.65. The van der Waals surface area contributed by atoms with Gasteiger partial charge in [-0.2, -0.15) is 5.10 Å². The van der Waals surface area contributed by atoms with Crippen molar-refractivity contribution < 1.29 is 14.4 Å². The van der Waals surface area contributed by atoms with E-state index >= 15 is 0 Å². The lowest BCUT2D eigenvalue weighted by Gasteiger charge is -2.38. The molecule has 1 aromatic rings. The molecule has 0 spiro atoms. The summed E-state index contributed by atoms with van der Waals surface area (Å²) < 4.78 is 13.8. The maximum absolute atomic E-state index is 11.3. The van der Waals surface area contributed by atoms with Gasteiger partial charge in [0, 0.05) is 41.7 Å². The Bertz CT molecular complexity index is 889. The normalized spacial score (nSPS) is 37.7. The van der Waals surface area contributed by atoms with Crippen LogP contribution in [0.5, 0.6) is 0 Å². The lowest BCUT2D eigenvalue weighted by atomic mass is 9.68. The van der Waals surface area contributed by atoms with Crippen LogP contribution in [-0.2, 0) is 15.9 Å². The van der Waals surface area contributed by atoms with Crippen molar-refractivity contribution in [2.24, 2.45) is 22.9 Å². The molecule has 4 fully saturated rings. The standard InChI is InChI=1S/C22H32N6O4/c29-28(30)16-3-1-13(2-4-16)21-17-11-19-18(31-12-32-19)9-15(17)10-20-24-25-22(27(20)26-21)14-5-7-23-8-6-14/h13-19,23H,1-12H2. The van der Waals surface area contributed by atoms with Crippen LogP contribution in [0.2, 0.25) is 0 Å². The van der Waals surface area contributed by atoms with Gasteiger partial charge in [-0.25, -0.2) is 4.68 Å². The summed E-state index contributed by atoms with van der Waals surface area (Å²) >= 11 is 0. The highest BCUT2D eigenvalue weighted by Crippen LogP contribution is 2.43. The van der Waals surface area contributed by atoms with Crippen molar-refractivity contribution in [3.8, 4) is 0 Å². The first-order valence-electron chi connectivity index (χ1n) is 12.3. The molecule has 4 atom stereocenters. The molecule has 0 amide bonds. The molecule has 0 aromatic carbocycles. The maximum atomic E-state index is 11.3. The molecule has 174 valence electrons. The minimum absolute atomic E-state index is 0.101. The number of nitro groups is 1. The minimum atomic E-state index is -0.411. The minimum Gasteiger partial charge on any atom is -0.349 e. The van der Waals surface area contributed by atoms with Crippen molar-refractivity contribution in [1.82, 2.24) is 20.2 Å². The summed E-state index contributed by atoms with van der Waals surface area (Å²) in [6, 6.07) is -0.411. The third-order valence-corrected chi connectivity index (χ3v) is 8.46. The molecule has 1 aromatic heterocycles. The van der Waals surface area contributed by atoms with Crippen LogP contribution in [0.4, 0.5) is 0 Å². The van der Waals surface area contributed by atoms with Crippen LogP contribution in [0.1, 0.15) is 68.9 Å². The number of hydrogen-bond acceptors (Lipinski definition) is 8. The van der Waals surface area contributed by atoms with Crippen LogP contribution < -0.4 is 5.32 Å². The first-order valence-corrected chi connectivity index (χ1v) is 12.3. The third-order valence-electron chi connectivity index (χ3n) is 8.46. The molecule has 0 bridgehead atoms. The molecule has 1 N–H and O–H groups in total. The molecule has 0 radical (unpaired) electrons. The van der Waals surface area contributed by atoms with E-state index in [1.165, 1.54) is 5.71 Å². The van der Waals surface area contributed by atoms with E-state index in [-0.39, 0.29) is 23.0 Å². The van der Waals surface area contributed by atoms with Crippen molar-refractivity contribution in [3.05, 3.63) is 21.8 Å². The summed E-state index contributed by atoms with van der Waals surface area (Å²) in [6.07, 6.45) is 8.05. The van der Waals surface area contributed by atoms with Gasteiger partial charge in [0.25, 0.3) is 0 Å². The van der Waals surface area contributed by atoms with Crippen molar-refractivity contribution in [2.45, 2.75) is 82.0 Å². The van der Waals surface area contributed by atoms with Crippen molar-refractivity contribution in [2.75, 3.05) is 19.9 Å². The monoisotopic (exact) mass is 444 g/mol. The topological polar surface area (TPSA) is 117 Å². The summed E-state index contributed by atoms with van der Waals surface area (Å²) in [6.45, 7) is 2.38. The Hall–Kier alpha value is -1.91. The Kier molecular flexibility index (Phi) is 5.47. The third kappa shape index (κ3) is 3.66.